The van der Waals surface area contributed by atoms with Crippen LogP contribution in [0, 0.1) is 17.8 Å². The number of amides is 3. The Kier molecular flexibility index (Phi) is 45.2. The number of allylic oxidation sites excluding steroid dienone is 6. The van der Waals surface area contributed by atoms with Gasteiger partial charge in [0.25, 0.3) is 0 Å². The van der Waals surface area contributed by atoms with Gasteiger partial charge in [-0.2, -0.15) is 0 Å². The number of carbonyl (C=O) groups is 6. The van der Waals surface area contributed by atoms with Crippen LogP contribution in [0.25, 0.3) is 0 Å². The van der Waals surface area contributed by atoms with Gasteiger partial charge in [-0.25, -0.2) is 0 Å². The maximum absolute atomic E-state index is 13.7. The normalized spacial score (nSPS) is 17.8. The van der Waals surface area contributed by atoms with Crippen LogP contribution in [0.1, 0.15) is 310 Å². The number of nitrogens with zero attached hydrogens (tertiary/aromatic N) is 3. The SMILES string of the molecule is CCCCCCCC/C=C\CCCCCCCCN1CC(C(=O)OCC(COC(=O)C2CC(=O)N(CCCCCCCC/C=C\CCCCCCCC)C2)OC(=O)C2CC(=O)N(CCCCCCCC/C=C\CCCCCCCC)C2)CC1=O. The first-order valence-electron chi connectivity index (χ1n) is 35.5. The van der Waals surface area contributed by atoms with Crippen molar-refractivity contribution in [1.29, 1.82) is 0 Å². The number of hydrogen-bond donors (Lipinski definition) is 0. The van der Waals surface area contributed by atoms with Crippen molar-refractivity contribution in [3.05, 3.63) is 36.5 Å². The van der Waals surface area contributed by atoms with Crippen LogP contribution in [0.4, 0.5) is 0 Å². The number of unbranched alkanes of at least 4 members (excludes halogenated alkanes) is 36. The number of hydrogen-bond acceptors (Lipinski definition) is 9. The summed E-state index contributed by atoms with van der Waals surface area (Å²) in [4.78, 5) is 85.2. The Balaban J connectivity index is 1.39. The first-order valence-corrected chi connectivity index (χ1v) is 35.5. The van der Waals surface area contributed by atoms with E-state index in [1.807, 2.05) is 0 Å². The third-order valence-corrected chi connectivity index (χ3v) is 17.6. The smallest absolute Gasteiger partial charge is 0.311 e. The molecule has 3 rings (SSSR count). The molecule has 0 aliphatic carbocycles. The minimum atomic E-state index is -1.12. The molecule has 3 heterocycles. The predicted octanol–water partition coefficient (Wildman–Crippen LogP) is 17.6. The lowest BCUT2D eigenvalue weighted by Crippen LogP contribution is -2.36. The van der Waals surface area contributed by atoms with Crippen LogP contribution in [0.2, 0.25) is 0 Å². The molecule has 3 aliphatic heterocycles. The summed E-state index contributed by atoms with van der Waals surface area (Å²) in [6, 6.07) is 0. The third kappa shape index (κ3) is 36.9. The second kappa shape index (κ2) is 51.1. The van der Waals surface area contributed by atoms with Crippen molar-refractivity contribution in [3.8, 4) is 0 Å². The third-order valence-electron chi connectivity index (χ3n) is 17.6. The standard InChI is InChI=1S/C72H125N3O9/c1-4-7-10-13-16-19-22-25-28-31-34-37-40-43-46-49-52-73-58-63(55-67(73)76)70(79)82-61-66(84-72(81)65-57-69(78)75(60-65)54-51-48-45-42-39-36-33-30-27-24-21-18-15-12-9-6-3)62-83-71(80)64-56-68(77)74(59-64)53-50-47-44-41-38-35-32-29-26-23-20-17-14-11-8-5-2/h25-30,63-66H,4-24,31-62H2,1-3H3/b28-25-,29-26-,30-27-. The molecule has 3 amide bonds. The van der Waals surface area contributed by atoms with Gasteiger partial charge in [-0.3, -0.25) is 28.8 Å². The lowest BCUT2D eigenvalue weighted by atomic mass is 10.1. The van der Waals surface area contributed by atoms with Crippen LogP contribution in [-0.4, -0.2) is 109 Å². The Labute approximate surface area is 513 Å². The van der Waals surface area contributed by atoms with Crippen molar-refractivity contribution in [2.24, 2.45) is 17.8 Å². The molecule has 0 saturated carbocycles. The maximum Gasteiger partial charge on any atom is 0.311 e. The molecule has 0 aromatic heterocycles. The fourth-order valence-electron chi connectivity index (χ4n) is 12.1. The predicted molar refractivity (Wildman–Crippen MR) is 344 cm³/mol. The van der Waals surface area contributed by atoms with E-state index in [2.05, 4.69) is 57.2 Å². The van der Waals surface area contributed by atoms with Crippen LogP contribution in [-0.2, 0) is 43.0 Å². The Morgan fingerprint density at radius 1 is 0.345 bits per heavy atom. The molecule has 3 saturated heterocycles. The van der Waals surface area contributed by atoms with E-state index in [4.69, 9.17) is 14.2 Å². The van der Waals surface area contributed by atoms with Gasteiger partial charge in [-0.05, 0) is 96.3 Å². The van der Waals surface area contributed by atoms with Gasteiger partial charge in [-0.1, -0.05) is 231 Å². The van der Waals surface area contributed by atoms with Gasteiger partial charge in [0.2, 0.25) is 17.7 Å². The van der Waals surface area contributed by atoms with E-state index in [0.717, 1.165) is 77.0 Å². The van der Waals surface area contributed by atoms with Crippen molar-refractivity contribution < 1.29 is 43.0 Å². The molecule has 12 heteroatoms. The number of esters is 3. The van der Waals surface area contributed by atoms with Crippen molar-refractivity contribution >= 4 is 35.6 Å². The molecule has 0 bridgehead atoms. The van der Waals surface area contributed by atoms with E-state index in [9.17, 15) is 28.8 Å². The Morgan fingerprint density at radius 2 is 0.571 bits per heavy atom. The summed E-state index contributed by atoms with van der Waals surface area (Å²) in [7, 11) is 0. The van der Waals surface area contributed by atoms with Crippen molar-refractivity contribution in [2.75, 3.05) is 52.5 Å². The van der Waals surface area contributed by atoms with E-state index in [1.54, 1.807) is 14.7 Å². The number of rotatable bonds is 56. The Hall–Kier alpha value is -3.96. The summed E-state index contributed by atoms with van der Waals surface area (Å²) in [5.74, 6) is -3.90. The highest BCUT2D eigenvalue weighted by molar-refractivity contribution is 5.88. The van der Waals surface area contributed by atoms with Crippen LogP contribution in [0.3, 0.4) is 0 Å². The number of likely N-dealkylation sites (tertiary alicyclic amines) is 3. The molecule has 84 heavy (non-hydrogen) atoms. The van der Waals surface area contributed by atoms with Crippen LogP contribution < -0.4 is 0 Å². The highest BCUT2D eigenvalue weighted by Gasteiger charge is 2.39. The second-order valence-corrected chi connectivity index (χ2v) is 25.4. The first kappa shape index (κ1) is 74.3. The monoisotopic (exact) mass is 1180 g/mol. The summed E-state index contributed by atoms with van der Waals surface area (Å²) >= 11 is 0. The Bertz CT molecular complexity index is 1730. The highest BCUT2D eigenvalue weighted by Crippen LogP contribution is 2.25. The van der Waals surface area contributed by atoms with Crippen molar-refractivity contribution in [2.45, 2.75) is 316 Å². The van der Waals surface area contributed by atoms with Gasteiger partial charge in [0, 0.05) is 58.5 Å². The molecule has 3 atom stereocenters. The average molecular weight is 1180 g/mol. The summed E-state index contributed by atoms with van der Waals surface area (Å²) < 4.78 is 17.4. The topological polar surface area (TPSA) is 140 Å². The molecule has 0 aromatic carbocycles. The molecule has 3 fully saturated rings. The van der Waals surface area contributed by atoms with Gasteiger partial charge >= 0.3 is 17.9 Å². The average Bonchev–Trinajstić information content (AvgIpc) is 4.26. The lowest BCUT2D eigenvalue weighted by molar-refractivity contribution is -0.171. The maximum atomic E-state index is 13.7. The molecule has 482 valence electrons. The zero-order valence-corrected chi connectivity index (χ0v) is 54.3. The van der Waals surface area contributed by atoms with Crippen LogP contribution >= 0.6 is 0 Å². The van der Waals surface area contributed by atoms with E-state index >= 15 is 0 Å². The molecule has 0 spiro atoms. The summed E-state index contributed by atoms with van der Waals surface area (Å²) in [5.41, 5.74) is 0. The number of carbonyl (C=O) groups excluding carboxylic acids is 6. The van der Waals surface area contributed by atoms with Crippen molar-refractivity contribution in [1.82, 2.24) is 14.7 Å². The van der Waals surface area contributed by atoms with E-state index in [1.165, 1.54) is 193 Å². The van der Waals surface area contributed by atoms with E-state index in [-0.39, 0.29) is 69.8 Å². The van der Waals surface area contributed by atoms with Gasteiger partial charge in [-0.15, -0.1) is 0 Å². The quantitative estimate of drug-likeness (QED) is 0.0252. The first-order chi connectivity index (χ1) is 41.2. The zero-order chi connectivity index (χ0) is 60.3. The van der Waals surface area contributed by atoms with Gasteiger partial charge < -0.3 is 28.9 Å². The summed E-state index contributed by atoms with van der Waals surface area (Å²) in [6.07, 6.45) is 64.0. The van der Waals surface area contributed by atoms with Gasteiger partial charge in [0.15, 0.2) is 6.10 Å². The lowest BCUT2D eigenvalue weighted by Gasteiger charge is -2.22. The zero-order valence-electron chi connectivity index (χ0n) is 54.3. The molecular formula is C72H125N3O9. The molecule has 0 aromatic rings. The van der Waals surface area contributed by atoms with E-state index < -0.39 is 41.8 Å². The molecule has 0 N–H and O–H groups in total. The molecule has 3 unspecified atom stereocenters. The van der Waals surface area contributed by atoms with Gasteiger partial charge in [0.05, 0.1) is 17.8 Å². The molecule has 3 aliphatic rings. The van der Waals surface area contributed by atoms with E-state index in [0.29, 0.717) is 19.6 Å². The molecule has 12 nitrogen and oxygen atoms in total. The summed E-state index contributed by atoms with van der Waals surface area (Å²) in [5, 5.41) is 0. The van der Waals surface area contributed by atoms with Gasteiger partial charge in [0.1, 0.15) is 13.2 Å². The van der Waals surface area contributed by atoms with Crippen LogP contribution in [0.5, 0.6) is 0 Å². The molecule has 0 radical (unpaired) electrons. The minimum Gasteiger partial charge on any atom is -0.461 e. The fraction of sp³-hybridized carbons (Fsp3) is 0.833. The highest BCUT2D eigenvalue weighted by atomic mass is 16.6. The largest absolute Gasteiger partial charge is 0.461 e. The Morgan fingerprint density at radius 3 is 0.833 bits per heavy atom. The summed E-state index contributed by atoms with van der Waals surface area (Å²) in [6.45, 7) is 8.67. The fourth-order valence-corrected chi connectivity index (χ4v) is 12.1. The second-order valence-electron chi connectivity index (χ2n) is 25.4. The van der Waals surface area contributed by atoms with Crippen molar-refractivity contribution in [3.63, 3.8) is 0 Å². The number of ether oxygens (including phenoxy) is 3. The minimum absolute atomic E-state index is 0.0333. The molecular weight excluding hydrogens is 1050 g/mol. The van der Waals surface area contributed by atoms with Crippen LogP contribution in [0.15, 0.2) is 36.5 Å².